The Morgan fingerprint density at radius 1 is 1.40 bits per heavy atom. The van der Waals surface area contributed by atoms with E-state index < -0.39 is 0 Å². The van der Waals surface area contributed by atoms with Crippen molar-refractivity contribution in [2.24, 2.45) is 5.92 Å². The van der Waals surface area contributed by atoms with E-state index in [4.69, 9.17) is 0 Å². The van der Waals surface area contributed by atoms with Gasteiger partial charge in [-0.25, -0.2) is 10.9 Å². The highest BCUT2D eigenvalue weighted by Gasteiger charge is 2.33. The van der Waals surface area contributed by atoms with E-state index in [2.05, 4.69) is 35.0 Å². The molecule has 0 radical (unpaired) electrons. The van der Waals surface area contributed by atoms with Gasteiger partial charge < -0.3 is 5.32 Å². The molecule has 3 atom stereocenters. The Kier molecular flexibility index (Phi) is 5.82. The van der Waals surface area contributed by atoms with Crippen LogP contribution in [0.25, 0.3) is 0 Å². The minimum atomic E-state index is -0.0349. The lowest BCUT2D eigenvalue weighted by molar-refractivity contribution is -0.121. The van der Waals surface area contributed by atoms with Gasteiger partial charge >= 0.3 is 0 Å². The number of pyridine rings is 1. The second-order valence-electron chi connectivity index (χ2n) is 4.90. The molecule has 5 nitrogen and oxygen atoms in total. The Hall–Kier alpha value is -1.11. The van der Waals surface area contributed by atoms with Crippen molar-refractivity contribution in [1.29, 1.82) is 0 Å². The second-order valence-corrected chi connectivity index (χ2v) is 6.29. The number of nitrogens with one attached hydrogen (secondary N) is 3. The number of aromatic nitrogens is 1. The topological polar surface area (TPSA) is 66.1 Å². The molecular weight excluding hydrogens is 272 g/mol. The molecule has 1 aromatic heterocycles. The summed E-state index contributed by atoms with van der Waals surface area (Å²) in [5.41, 5.74) is 7.59. The summed E-state index contributed by atoms with van der Waals surface area (Å²) in [7, 11) is 0. The van der Waals surface area contributed by atoms with Gasteiger partial charge in [0.1, 0.15) is 0 Å². The van der Waals surface area contributed by atoms with Crippen molar-refractivity contribution in [3.05, 3.63) is 30.1 Å². The van der Waals surface area contributed by atoms with E-state index in [0.717, 1.165) is 11.5 Å². The molecule has 20 heavy (non-hydrogen) atoms. The Morgan fingerprint density at radius 3 is 2.85 bits per heavy atom. The Bertz CT molecular complexity index is 428. The van der Waals surface area contributed by atoms with Gasteiger partial charge in [-0.15, -0.1) is 0 Å². The van der Waals surface area contributed by atoms with Crippen molar-refractivity contribution < 1.29 is 4.79 Å². The third-order valence-electron chi connectivity index (χ3n) is 3.51. The summed E-state index contributed by atoms with van der Waals surface area (Å²) in [4.78, 5) is 15.9. The molecule has 0 aliphatic carbocycles. The molecule has 6 heteroatoms. The van der Waals surface area contributed by atoms with Gasteiger partial charge in [-0.05, 0) is 23.4 Å². The van der Waals surface area contributed by atoms with Gasteiger partial charge in [-0.2, -0.15) is 11.8 Å². The highest BCUT2D eigenvalue weighted by Crippen LogP contribution is 2.26. The fraction of sp³-hybridized carbons (Fsp3) is 0.571. The number of thioether (sulfide) groups is 1. The lowest BCUT2D eigenvalue weighted by Crippen LogP contribution is -2.46. The van der Waals surface area contributed by atoms with Gasteiger partial charge in [0.2, 0.25) is 5.91 Å². The van der Waals surface area contributed by atoms with E-state index in [1.165, 1.54) is 5.56 Å². The Labute approximate surface area is 124 Å². The van der Waals surface area contributed by atoms with Crippen LogP contribution in [-0.4, -0.2) is 28.6 Å². The fourth-order valence-electron chi connectivity index (χ4n) is 2.31. The number of hydrogen-bond acceptors (Lipinski definition) is 5. The van der Waals surface area contributed by atoms with Crippen molar-refractivity contribution in [1.82, 2.24) is 21.2 Å². The minimum Gasteiger partial charge on any atom is -0.339 e. The summed E-state index contributed by atoms with van der Waals surface area (Å²) in [6.07, 6.45) is 4.12. The largest absolute Gasteiger partial charge is 0.339 e. The molecule has 0 spiro atoms. The molecule has 1 aliphatic rings. The molecule has 1 amide bonds. The molecule has 1 aromatic rings. The zero-order valence-electron chi connectivity index (χ0n) is 11.9. The summed E-state index contributed by atoms with van der Waals surface area (Å²) in [6, 6.07) is 4.18. The quantitative estimate of drug-likeness (QED) is 0.693. The lowest BCUT2D eigenvalue weighted by Gasteiger charge is -2.19. The molecule has 2 rings (SSSR count). The van der Waals surface area contributed by atoms with E-state index in [-0.39, 0.29) is 24.0 Å². The van der Waals surface area contributed by atoms with Gasteiger partial charge in [0.25, 0.3) is 0 Å². The van der Waals surface area contributed by atoms with E-state index in [1.807, 2.05) is 12.1 Å². The maximum absolute atomic E-state index is 11.9. The summed E-state index contributed by atoms with van der Waals surface area (Å²) < 4.78 is 0. The van der Waals surface area contributed by atoms with E-state index in [0.29, 0.717) is 6.42 Å². The maximum atomic E-state index is 11.9. The Balaban J connectivity index is 1.85. The van der Waals surface area contributed by atoms with Crippen LogP contribution < -0.4 is 16.2 Å². The highest BCUT2D eigenvalue weighted by atomic mass is 32.2. The van der Waals surface area contributed by atoms with Crippen molar-refractivity contribution in [3.63, 3.8) is 0 Å². The summed E-state index contributed by atoms with van der Waals surface area (Å²) in [5.74, 6) is 2.31. The van der Waals surface area contributed by atoms with Crippen LogP contribution in [0.4, 0.5) is 0 Å². The predicted molar refractivity (Wildman–Crippen MR) is 82.0 cm³/mol. The van der Waals surface area contributed by atoms with Gasteiger partial charge in [0.15, 0.2) is 0 Å². The second kappa shape index (κ2) is 7.61. The molecule has 110 valence electrons. The first-order valence-corrected chi connectivity index (χ1v) is 8.16. The van der Waals surface area contributed by atoms with Crippen LogP contribution in [-0.2, 0) is 4.79 Å². The Morgan fingerprint density at radius 2 is 2.15 bits per heavy atom. The number of nitrogens with zero attached hydrogens (tertiary/aromatic N) is 1. The number of carbonyl (C=O) groups excluding carboxylic acids is 1. The third-order valence-corrected chi connectivity index (χ3v) is 4.41. The van der Waals surface area contributed by atoms with Crippen LogP contribution in [0.1, 0.15) is 31.9 Å². The molecule has 1 aliphatic heterocycles. The summed E-state index contributed by atoms with van der Waals surface area (Å²) in [5, 5.41) is 3.05. The smallest absolute Gasteiger partial charge is 0.222 e. The molecular formula is C14H22N4OS. The van der Waals surface area contributed by atoms with Crippen LogP contribution in [0.5, 0.6) is 0 Å². The normalized spacial score (nSPS) is 25.6. The van der Waals surface area contributed by atoms with Crippen LogP contribution in [0.2, 0.25) is 0 Å². The van der Waals surface area contributed by atoms with Crippen LogP contribution in [0.3, 0.4) is 0 Å². The molecule has 3 N–H and O–H groups in total. The number of hydrazine groups is 1. The van der Waals surface area contributed by atoms with Crippen molar-refractivity contribution in [3.8, 4) is 0 Å². The van der Waals surface area contributed by atoms with Gasteiger partial charge in [0, 0.05) is 30.5 Å². The van der Waals surface area contributed by atoms with E-state index in [1.54, 1.807) is 24.2 Å². The van der Waals surface area contributed by atoms with E-state index >= 15 is 0 Å². The first-order chi connectivity index (χ1) is 9.72. The van der Waals surface area contributed by atoms with E-state index in [9.17, 15) is 4.79 Å². The molecule has 0 bridgehead atoms. The number of rotatable bonds is 6. The summed E-state index contributed by atoms with van der Waals surface area (Å²) >= 11 is 1.79. The third kappa shape index (κ3) is 3.94. The van der Waals surface area contributed by atoms with Gasteiger partial charge in [-0.1, -0.05) is 13.8 Å². The van der Waals surface area contributed by atoms with Gasteiger partial charge in [0.05, 0.1) is 12.2 Å². The van der Waals surface area contributed by atoms with Crippen LogP contribution >= 0.6 is 11.8 Å². The zero-order valence-corrected chi connectivity index (χ0v) is 12.7. The lowest BCUT2D eigenvalue weighted by atomic mass is 9.95. The minimum absolute atomic E-state index is 0.0349. The average Bonchev–Trinajstić information content (AvgIpc) is 2.81. The van der Waals surface area contributed by atoms with Crippen LogP contribution in [0, 0.1) is 5.92 Å². The molecule has 0 aromatic carbocycles. The first kappa shape index (κ1) is 15.3. The van der Waals surface area contributed by atoms with Crippen molar-refractivity contribution in [2.75, 3.05) is 11.5 Å². The maximum Gasteiger partial charge on any atom is 0.222 e. The monoisotopic (exact) mass is 294 g/mol. The molecule has 1 saturated heterocycles. The number of carbonyl (C=O) groups is 1. The number of hydrogen-bond donors (Lipinski definition) is 3. The SMILES string of the molecule is CCSCCC(=O)NC1NNC(c2ccncc2)C1C. The molecule has 1 fully saturated rings. The molecule has 3 unspecified atom stereocenters. The fourth-order valence-corrected chi connectivity index (χ4v) is 2.93. The van der Waals surface area contributed by atoms with Crippen molar-refractivity contribution >= 4 is 17.7 Å². The summed E-state index contributed by atoms with van der Waals surface area (Å²) in [6.45, 7) is 4.23. The molecule has 2 heterocycles. The average molecular weight is 294 g/mol. The first-order valence-electron chi connectivity index (χ1n) is 7.00. The predicted octanol–water partition coefficient (Wildman–Crippen LogP) is 1.45. The van der Waals surface area contributed by atoms with Gasteiger partial charge in [-0.3, -0.25) is 9.78 Å². The van der Waals surface area contributed by atoms with Crippen molar-refractivity contribution in [2.45, 2.75) is 32.5 Å². The molecule has 0 saturated carbocycles. The highest BCUT2D eigenvalue weighted by molar-refractivity contribution is 7.99. The number of amides is 1. The zero-order chi connectivity index (χ0) is 14.4. The van der Waals surface area contributed by atoms with Crippen LogP contribution in [0.15, 0.2) is 24.5 Å². The standard InChI is InChI=1S/C14H22N4OS/c1-3-20-9-6-12(19)16-14-10(2)13(17-18-14)11-4-7-15-8-5-11/h4-5,7-8,10,13-14,17-18H,3,6,9H2,1-2H3,(H,16,19).